The quantitative estimate of drug-likeness (QED) is 0.907. The Balaban J connectivity index is 2.17. The largest absolute Gasteiger partial charge is 0.381 e. The lowest BCUT2D eigenvalue weighted by Crippen LogP contribution is -2.54. The molecule has 106 valence electrons. The summed E-state index contributed by atoms with van der Waals surface area (Å²) in [4.78, 5) is 0. The summed E-state index contributed by atoms with van der Waals surface area (Å²) in [6.07, 6.45) is 2.64. The van der Waals surface area contributed by atoms with Gasteiger partial charge in [0.05, 0.1) is 5.60 Å². The van der Waals surface area contributed by atoms with Gasteiger partial charge in [-0.2, -0.15) is 0 Å². The van der Waals surface area contributed by atoms with Gasteiger partial charge in [-0.1, -0.05) is 18.2 Å². The zero-order chi connectivity index (χ0) is 13.9. The van der Waals surface area contributed by atoms with Gasteiger partial charge in [0, 0.05) is 39.2 Å². The Kier molecular flexibility index (Phi) is 4.61. The summed E-state index contributed by atoms with van der Waals surface area (Å²) in [7, 11) is 1.77. The molecule has 0 radical (unpaired) electrons. The van der Waals surface area contributed by atoms with Crippen LogP contribution < -0.4 is 5.73 Å². The molecule has 0 saturated carbocycles. The SMILES string of the molecule is COC1(C(N)Cc2c(C)cccc2C)CCOCC1. The molecule has 1 saturated heterocycles. The van der Waals surface area contributed by atoms with Crippen LogP contribution in [0.1, 0.15) is 29.5 Å². The van der Waals surface area contributed by atoms with Crippen LogP contribution in [0.3, 0.4) is 0 Å². The van der Waals surface area contributed by atoms with Crippen LogP contribution in [0.25, 0.3) is 0 Å². The Labute approximate surface area is 116 Å². The van der Waals surface area contributed by atoms with Crippen LogP contribution in [0.5, 0.6) is 0 Å². The molecule has 3 heteroatoms. The normalized spacial score (nSPS) is 20.2. The Morgan fingerprint density at radius 2 is 1.84 bits per heavy atom. The molecule has 1 fully saturated rings. The molecule has 1 aromatic carbocycles. The average Bonchev–Trinajstić information content (AvgIpc) is 2.43. The van der Waals surface area contributed by atoms with Gasteiger partial charge in [-0.15, -0.1) is 0 Å². The standard InChI is InChI=1S/C16H25NO2/c1-12-5-4-6-13(2)14(12)11-15(17)16(18-3)7-9-19-10-8-16/h4-6,15H,7-11,17H2,1-3H3. The molecule has 19 heavy (non-hydrogen) atoms. The first-order valence-electron chi connectivity index (χ1n) is 7.02. The summed E-state index contributed by atoms with van der Waals surface area (Å²) in [6, 6.07) is 6.42. The van der Waals surface area contributed by atoms with Crippen molar-refractivity contribution in [3.63, 3.8) is 0 Å². The first-order valence-corrected chi connectivity index (χ1v) is 7.02. The van der Waals surface area contributed by atoms with Gasteiger partial charge in [-0.05, 0) is 37.0 Å². The molecule has 1 aliphatic heterocycles. The first-order chi connectivity index (χ1) is 9.09. The van der Waals surface area contributed by atoms with Crippen molar-refractivity contribution < 1.29 is 9.47 Å². The van der Waals surface area contributed by atoms with Gasteiger partial charge in [0.25, 0.3) is 0 Å². The van der Waals surface area contributed by atoms with Crippen molar-refractivity contribution in [1.82, 2.24) is 0 Å². The molecule has 1 atom stereocenters. The van der Waals surface area contributed by atoms with Crippen LogP contribution in [0, 0.1) is 13.8 Å². The summed E-state index contributed by atoms with van der Waals surface area (Å²) < 4.78 is 11.2. The summed E-state index contributed by atoms with van der Waals surface area (Å²) in [5.41, 5.74) is 10.2. The van der Waals surface area contributed by atoms with Gasteiger partial charge < -0.3 is 15.2 Å². The zero-order valence-electron chi connectivity index (χ0n) is 12.2. The van der Waals surface area contributed by atoms with Crippen molar-refractivity contribution >= 4 is 0 Å². The van der Waals surface area contributed by atoms with Crippen LogP contribution in [0.4, 0.5) is 0 Å². The number of benzene rings is 1. The molecule has 0 spiro atoms. The van der Waals surface area contributed by atoms with E-state index in [1.165, 1.54) is 16.7 Å². The molecule has 1 unspecified atom stereocenters. The molecule has 2 rings (SSSR count). The fraction of sp³-hybridized carbons (Fsp3) is 0.625. The molecule has 0 amide bonds. The van der Waals surface area contributed by atoms with Crippen molar-refractivity contribution in [3.8, 4) is 0 Å². The van der Waals surface area contributed by atoms with Gasteiger partial charge in [0.2, 0.25) is 0 Å². The van der Waals surface area contributed by atoms with Gasteiger partial charge in [-0.3, -0.25) is 0 Å². The number of nitrogens with two attached hydrogens (primary N) is 1. The van der Waals surface area contributed by atoms with E-state index in [1.807, 2.05) is 0 Å². The maximum atomic E-state index is 6.48. The van der Waals surface area contributed by atoms with E-state index < -0.39 is 0 Å². The van der Waals surface area contributed by atoms with Crippen LogP contribution >= 0.6 is 0 Å². The monoisotopic (exact) mass is 263 g/mol. The average molecular weight is 263 g/mol. The van der Waals surface area contributed by atoms with E-state index in [-0.39, 0.29) is 11.6 Å². The topological polar surface area (TPSA) is 44.5 Å². The van der Waals surface area contributed by atoms with Crippen LogP contribution in [-0.2, 0) is 15.9 Å². The fourth-order valence-electron chi connectivity index (χ4n) is 3.02. The molecule has 3 nitrogen and oxygen atoms in total. The molecule has 1 aromatic rings. The highest BCUT2D eigenvalue weighted by Gasteiger charge is 2.38. The van der Waals surface area contributed by atoms with Gasteiger partial charge in [-0.25, -0.2) is 0 Å². The Bertz CT molecular complexity index is 405. The van der Waals surface area contributed by atoms with E-state index in [9.17, 15) is 0 Å². The summed E-state index contributed by atoms with van der Waals surface area (Å²) in [5.74, 6) is 0. The molecular formula is C16H25NO2. The predicted octanol–water partition coefficient (Wildman–Crippen LogP) is 2.37. The van der Waals surface area contributed by atoms with Crippen LogP contribution in [0.15, 0.2) is 18.2 Å². The minimum atomic E-state index is -0.229. The minimum absolute atomic E-state index is 0.0150. The van der Waals surface area contributed by atoms with E-state index in [4.69, 9.17) is 15.2 Å². The van der Waals surface area contributed by atoms with E-state index in [1.54, 1.807) is 7.11 Å². The highest BCUT2D eigenvalue weighted by atomic mass is 16.5. The number of aryl methyl sites for hydroxylation is 2. The highest BCUT2D eigenvalue weighted by Crippen LogP contribution is 2.30. The molecule has 0 aliphatic carbocycles. The van der Waals surface area contributed by atoms with Crippen LogP contribution in [0.2, 0.25) is 0 Å². The molecule has 1 heterocycles. The third-order valence-corrected chi connectivity index (χ3v) is 4.49. The first kappa shape index (κ1) is 14.5. The van der Waals surface area contributed by atoms with E-state index in [0.717, 1.165) is 32.5 Å². The second-order valence-corrected chi connectivity index (χ2v) is 5.56. The van der Waals surface area contributed by atoms with Gasteiger partial charge >= 0.3 is 0 Å². The summed E-state index contributed by atoms with van der Waals surface area (Å²) >= 11 is 0. The van der Waals surface area contributed by atoms with Crippen molar-refractivity contribution in [1.29, 1.82) is 0 Å². The smallest absolute Gasteiger partial charge is 0.0875 e. The van der Waals surface area contributed by atoms with Gasteiger partial charge in [0.1, 0.15) is 0 Å². The van der Waals surface area contributed by atoms with Crippen LogP contribution in [-0.4, -0.2) is 32.0 Å². The Morgan fingerprint density at radius 3 is 2.37 bits per heavy atom. The second-order valence-electron chi connectivity index (χ2n) is 5.56. The lowest BCUT2D eigenvalue weighted by molar-refractivity contribution is -0.103. The summed E-state index contributed by atoms with van der Waals surface area (Å²) in [5, 5.41) is 0. The Morgan fingerprint density at radius 1 is 1.26 bits per heavy atom. The molecule has 1 aliphatic rings. The maximum absolute atomic E-state index is 6.48. The third kappa shape index (κ3) is 2.99. The minimum Gasteiger partial charge on any atom is -0.381 e. The lowest BCUT2D eigenvalue weighted by Gasteiger charge is -2.41. The van der Waals surface area contributed by atoms with Crippen molar-refractivity contribution in [2.24, 2.45) is 5.73 Å². The van der Waals surface area contributed by atoms with Gasteiger partial charge in [0.15, 0.2) is 0 Å². The molecule has 2 N–H and O–H groups in total. The van der Waals surface area contributed by atoms with Crippen molar-refractivity contribution in [2.75, 3.05) is 20.3 Å². The Hall–Kier alpha value is -0.900. The van der Waals surface area contributed by atoms with E-state index >= 15 is 0 Å². The molecule has 0 aromatic heterocycles. The highest BCUT2D eigenvalue weighted by molar-refractivity contribution is 5.34. The second kappa shape index (κ2) is 6.04. The third-order valence-electron chi connectivity index (χ3n) is 4.49. The predicted molar refractivity (Wildman–Crippen MR) is 77.4 cm³/mol. The number of rotatable bonds is 4. The zero-order valence-corrected chi connectivity index (χ0v) is 12.2. The number of ether oxygens (including phenoxy) is 2. The number of hydrogen-bond acceptors (Lipinski definition) is 3. The fourth-order valence-corrected chi connectivity index (χ4v) is 3.02. The molecular weight excluding hydrogens is 238 g/mol. The lowest BCUT2D eigenvalue weighted by atomic mass is 9.82. The molecule has 0 bridgehead atoms. The van der Waals surface area contributed by atoms with E-state index in [2.05, 4.69) is 32.0 Å². The number of methoxy groups -OCH3 is 1. The van der Waals surface area contributed by atoms with Crippen molar-refractivity contribution in [3.05, 3.63) is 34.9 Å². The van der Waals surface area contributed by atoms with E-state index in [0.29, 0.717) is 0 Å². The number of hydrogen-bond donors (Lipinski definition) is 1. The maximum Gasteiger partial charge on any atom is 0.0875 e. The summed E-state index contributed by atoms with van der Waals surface area (Å²) in [6.45, 7) is 5.79. The van der Waals surface area contributed by atoms with Crippen molar-refractivity contribution in [2.45, 2.75) is 44.8 Å².